The normalized spacial score (nSPS) is 11.4. The third kappa shape index (κ3) is 5.43. The lowest BCUT2D eigenvalue weighted by Crippen LogP contribution is -2.10. The first kappa shape index (κ1) is 26.2. The Morgan fingerprint density at radius 2 is 1.69 bits per heavy atom. The quantitative estimate of drug-likeness (QED) is 0.201. The summed E-state index contributed by atoms with van der Waals surface area (Å²) in [7, 11) is 0. The highest BCUT2D eigenvalue weighted by atomic mass is 16.5. The molecule has 5 rings (SSSR count). The van der Waals surface area contributed by atoms with E-state index in [1.54, 1.807) is 13.1 Å². The van der Waals surface area contributed by atoms with E-state index < -0.39 is 0 Å². The first-order chi connectivity index (χ1) is 19.0. The van der Waals surface area contributed by atoms with Gasteiger partial charge in [-0.15, -0.1) is 0 Å². The number of nitrogen functional groups attached to an aromatic ring is 1. The summed E-state index contributed by atoms with van der Waals surface area (Å²) in [6, 6.07) is 22.6. The van der Waals surface area contributed by atoms with Gasteiger partial charge in [-0.1, -0.05) is 50.2 Å². The number of pyridine rings is 1. The van der Waals surface area contributed by atoms with Crippen LogP contribution in [0.1, 0.15) is 50.9 Å². The molecule has 0 aliphatic carbocycles. The van der Waals surface area contributed by atoms with Crippen LogP contribution < -0.4 is 10.5 Å². The summed E-state index contributed by atoms with van der Waals surface area (Å²) in [5.74, 6) is 0.907. The molecule has 0 spiro atoms. The highest BCUT2D eigenvalue weighted by molar-refractivity contribution is 5.95. The number of carbonyl (C=O) groups excluding carboxylic acids is 1. The average Bonchev–Trinajstić information content (AvgIpc) is 3.31. The van der Waals surface area contributed by atoms with Gasteiger partial charge in [0.25, 0.3) is 0 Å². The van der Waals surface area contributed by atoms with Crippen molar-refractivity contribution < 1.29 is 14.3 Å². The fourth-order valence-corrected chi connectivity index (χ4v) is 5.08. The summed E-state index contributed by atoms with van der Waals surface area (Å²) in [5, 5.41) is 8.07. The summed E-state index contributed by atoms with van der Waals surface area (Å²) in [6.45, 7) is 6.81. The Morgan fingerprint density at radius 1 is 0.949 bits per heavy atom. The van der Waals surface area contributed by atoms with E-state index in [1.807, 2.05) is 30.3 Å². The van der Waals surface area contributed by atoms with Gasteiger partial charge in [0.05, 0.1) is 24.6 Å². The van der Waals surface area contributed by atoms with E-state index >= 15 is 0 Å². The third-order valence-corrected chi connectivity index (χ3v) is 7.18. The maximum atomic E-state index is 12.1. The van der Waals surface area contributed by atoms with Gasteiger partial charge in [-0.05, 0) is 66.6 Å². The number of carbonyl (C=O) groups is 1. The van der Waals surface area contributed by atoms with Crippen LogP contribution in [0.15, 0.2) is 72.9 Å². The van der Waals surface area contributed by atoms with Gasteiger partial charge in [-0.2, -0.15) is 5.10 Å². The molecule has 3 aromatic carbocycles. The number of esters is 1. The molecule has 2 heterocycles. The van der Waals surface area contributed by atoms with E-state index in [4.69, 9.17) is 20.3 Å². The number of hydrogen-bond donors (Lipinski definition) is 1. The lowest BCUT2D eigenvalue weighted by Gasteiger charge is -2.14. The molecule has 39 heavy (non-hydrogen) atoms. The smallest absolute Gasteiger partial charge is 0.310 e. The Balaban J connectivity index is 1.53. The molecule has 0 unspecified atom stereocenters. The van der Waals surface area contributed by atoms with Crippen molar-refractivity contribution in [2.75, 3.05) is 12.3 Å². The number of nitrogens with two attached hydrogens (primary N) is 1. The molecule has 0 saturated carbocycles. The van der Waals surface area contributed by atoms with Crippen molar-refractivity contribution >= 4 is 33.5 Å². The average molecular weight is 523 g/mol. The summed E-state index contributed by atoms with van der Waals surface area (Å²) in [5.41, 5.74) is 11.0. The van der Waals surface area contributed by atoms with Crippen LogP contribution in [0.25, 0.3) is 32.8 Å². The molecule has 200 valence electrons. The van der Waals surface area contributed by atoms with Gasteiger partial charge in [-0.25, -0.2) is 4.98 Å². The van der Waals surface area contributed by atoms with Gasteiger partial charge in [0, 0.05) is 22.5 Å². The highest BCUT2D eigenvalue weighted by Gasteiger charge is 2.18. The highest BCUT2D eigenvalue weighted by Crippen LogP contribution is 2.33. The molecular weight excluding hydrogens is 488 g/mol. The number of aromatic nitrogens is 3. The van der Waals surface area contributed by atoms with E-state index in [0.29, 0.717) is 18.2 Å². The van der Waals surface area contributed by atoms with Crippen LogP contribution >= 0.6 is 0 Å². The summed E-state index contributed by atoms with van der Waals surface area (Å²) < 4.78 is 13.6. The van der Waals surface area contributed by atoms with Crippen LogP contribution in [-0.2, 0) is 22.6 Å². The summed E-state index contributed by atoms with van der Waals surface area (Å²) in [6.07, 6.45) is 3.85. The standard InChI is InChI=1S/C32H34N4O3/c1-4-25(5-2)36-29-14-13-23(22-12-11-21-15-16-34-32(33)26(21)17-22)18-27(29)28(35-36)20-39-30-10-8-7-9-24(30)19-31(37)38-6-3/h7-18,25H,4-6,19-20H2,1-3H3,(H2,33,34). The molecular formula is C32H34N4O3. The zero-order chi connectivity index (χ0) is 27.4. The first-order valence-electron chi connectivity index (χ1n) is 13.5. The predicted molar refractivity (Wildman–Crippen MR) is 156 cm³/mol. The van der Waals surface area contributed by atoms with Crippen LogP contribution in [0.5, 0.6) is 5.75 Å². The number of fused-ring (bicyclic) bond motifs is 2. The van der Waals surface area contributed by atoms with Gasteiger partial charge >= 0.3 is 5.97 Å². The predicted octanol–water partition coefficient (Wildman–Crippen LogP) is 6.88. The van der Waals surface area contributed by atoms with Crippen LogP contribution in [0.4, 0.5) is 5.82 Å². The minimum atomic E-state index is -0.270. The van der Waals surface area contributed by atoms with Crippen LogP contribution in [0.3, 0.4) is 0 Å². The zero-order valence-corrected chi connectivity index (χ0v) is 22.7. The topological polar surface area (TPSA) is 92.3 Å². The van der Waals surface area contributed by atoms with E-state index in [1.165, 1.54) is 0 Å². The maximum Gasteiger partial charge on any atom is 0.310 e. The van der Waals surface area contributed by atoms with Crippen molar-refractivity contribution in [2.45, 2.75) is 52.7 Å². The van der Waals surface area contributed by atoms with Gasteiger partial charge < -0.3 is 15.2 Å². The van der Waals surface area contributed by atoms with Crippen LogP contribution in [0.2, 0.25) is 0 Å². The van der Waals surface area contributed by atoms with Crippen molar-refractivity contribution in [2.24, 2.45) is 0 Å². The molecule has 5 aromatic rings. The molecule has 7 heteroatoms. The minimum absolute atomic E-state index is 0.164. The van der Waals surface area contributed by atoms with Crippen molar-refractivity contribution in [1.29, 1.82) is 0 Å². The molecule has 0 radical (unpaired) electrons. The second-order valence-corrected chi connectivity index (χ2v) is 9.60. The number of hydrogen-bond acceptors (Lipinski definition) is 6. The molecule has 0 amide bonds. The van der Waals surface area contributed by atoms with Gasteiger partial charge in [0.2, 0.25) is 0 Å². The largest absolute Gasteiger partial charge is 0.487 e. The molecule has 2 N–H and O–H groups in total. The van der Waals surface area contributed by atoms with Crippen LogP contribution in [0, 0.1) is 0 Å². The number of benzene rings is 3. The second kappa shape index (κ2) is 11.6. The number of para-hydroxylation sites is 1. The Labute approximate surface area is 228 Å². The number of anilines is 1. The lowest BCUT2D eigenvalue weighted by atomic mass is 10.00. The van der Waals surface area contributed by atoms with Crippen molar-refractivity contribution in [3.05, 3.63) is 84.2 Å². The maximum absolute atomic E-state index is 12.1. The summed E-state index contributed by atoms with van der Waals surface area (Å²) in [4.78, 5) is 16.4. The lowest BCUT2D eigenvalue weighted by molar-refractivity contribution is -0.142. The number of ether oxygens (including phenoxy) is 2. The Bertz CT molecular complexity index is 1620. The fourth-order valence-electron chi connectivity index (χ4n) is 5.08. The van der Waals surface area contributed by atoms with Crippen LogP contribution in [-0.4, -0.2) is 27.3 Å². The summed E-state index contributed by atoms with van der Waals surface area (Å²) >= 11 is 0. The van der Waals surface area contributed by atoms with Gasteiger partial charge in [0.15, 0.2) is 0 Å². The molecule has 0 bridgehead atoms. The number of nitrogens with zero attached hydrogens (tertiary/aromatic N) is 3. The van der Waals surface area contributed by atoms with E-state index in [-0.39, 0.29) is 25.0 Å². The fraction of sp³-hybridized carbons (Fsp3) is 0.281. The molecule has 0 atom stereocenters. The second-order valence-electron chi connectivity index (χ2n) is 9.60. The molecule has 0 aliphatic heterocycles. The van der Waals surface area contributed by atoms with Gasteiger partial charge in [0.1, 0.15) is 23.9 Å². The Morgan fingerprint density at radius 3 is 2.46 bits per heavy atom. The molecule has 0 fully saturated rings. The SMILES string of the molecule is CCOC(=O)Cc1ccccc1OCc1nn(C(CC)CC)c2ccc(-c3ccc4ccnc(N)c4c3)cc12. The van der Waals surface area contributed by atoms with E-state index in [0.717, 1.165) is 56.9 Å². The Hall–Kier alpha value is -4.39. The van der Waals surface area contributed by atoms with Crippen molar-refractivity contribution in [3.8, 4) is 16.9 Å². The van der Waals surface area contributed by atoms with Gasteiger partial charge in [-0.3, -0.25) is 9.48 Å². The van der Waals surface area contributed by atoms with E-state index in [9.17, 15) is 4.79 Å². The molecule has 0 aliphatic rings. The third-order valence-electron chi connectivity index (χ3n) is 7.18. The molecule has 7 nitrogen and oxygen atoms in total. The first-order valence-corrected chi connectivity index (χ1v) is 13.5. The number of rotatable bonds is 10. The van der Waals surface area contributed by atoms with E-state index in [2.05, 4.69) is 59.9 Å². The Kier molecular flexibility index (Phi) is 7.77. The van der Waals surface area contributed by atoms with Crippen molar-refractivity contribution in [1.82, 2.24) is 14.8 Å². The minimum Gasteiger partial charge on any atom is -0.487 e. The molecule has 2 aromatic heterocycles. The zero-order valence-electron chi connectivity index (χ0n) is 22.7. The monoisotopic (exact) mass is 522 g/mol. The molecule has 0 saturated heterocycles. The van der Waals surface area contributed by atoms with Crippen molar-refractivity contribution in [3.63, 3.8) is 0 Å².